The van der Waals surface area contributed by atoms with Gasteiger partial charge in [-0.2, -0.15) is 0 Å². The molecule has 2 saturated heterocycles. The van der Waals surface area contributed by atoms with Gasteiger partial charge < -0.3 is 38.6 Å². The first kappa shape index (κ1) is 56.4. The van der Waals surface area contributed by atoms with E-state index in [1.807, 2.05) is 6.92 Å². The molecule has 8 saturated carbocycles. The molecule has 2 heterocycles. The monoisotopic (exact) mass is 897 g/mol. The van der Waals surface area contributed by atoms with E-state index in [0.29, 0.717) is 70.8 Å². The zero-order valence-electron chi connectivity index (χ0n) is 34.6. The minimum absolute atomic E-state index is 0. The van der Waals surface area contributed by atoms with Crippen LogP contribution in [0.5, 0.6) is 0 Å². The molecule has 366 valence electrons. The van der Waals surface area contributed by atoms with Crippen molar-refractivity contribution in [3.8, 4) is 0 Å². The lowest BCUT2D eigenvalue weighted by molar-refractivity contribution is -0.263. The summed E-state index contributed by atoms with van der Waals surface area (Å²) in [5.41, 5.74) is -7.11. The Labute approximate surface area is 380 Å². The van der Waals surface area contributed by atoms with Crippen molar-refractivity contribution in [2.45, 2.75) is 241 Å². The van der Waals surface area contributed by atoms with Crippen LogP contribution in [0.4, 0.5) is 0 Å². The van der Waals surface area contributed by atoms with Crippen LogP contribution in [0.2, 0.25) is 0 Å². The summed E-state index contributed by atoms with van der Waals surface area (Å²) in [6.45, 7) is 9.11. The molecule has 13 heteroatoms. The van der Waals surface area contributed by atoms with E-state index < -0.39 is 86.9 Å². The van der Waals surface area contributed by atoms with Crippen LogP contribution in [0.15, 0.2) is 0 Å². The number of cyclic esters (lactones) is 1. The lowest BCUT2D eigenvalue weighted by atomic mass is 9.48. The van der Waals surface area contributed by atoms with Gasteiger partial charge in [-0.1, -0.05) is 58.4 Å². The summed E-state index contributed by atoms with van der Waals surface area (Å²) in [6.07, 6.45) is 9.16. The molecule has 2 N–H and O–H groups in total. The third-order valence-electron chi connectivity index (χ3n) is 15.1. The minimum atomic E-state index is -1.48. The Morgan fingerprint density at radius 2 is 1.25 bits per heavy atom. The van der Waals surface area contributed by atoms with Gasteiger partial charge in [0.2, 0.25) is 11.9 Å². The normalized spacial score (nSPS) is 39.6. The van der Waals surface area contributed by atoms with Gasteiger partial charge >= 0.3 is 29.8 Å². The summed E-state index contributed by atoms with van der Waals surface area (Å²) in [5.74, 6) is -4.58. The van der Waals surface area contributed by atoms with Crippen molar-refractivity contribution in [1.29, 1.82) is 0 Å². The van der Waals surface area contributed by atoms with E-state index in [2.05, 4.69) is 0 Å². The average Bonchev–Trinajstić information content (AvgIpc) is 3.28. The molecule has 13 nitrogen and oxygen atoms in total. The lowest BCUT2D eigenvalue weighted by Gasteiger charge is -2.62. The van der Waals surface area contributed by atoms with Crippen molar-refractivity contribution < 1.29 is 62.6 Å². The highest BCUT2D eigenvalue weighted by atomic mass is 16.7. The summed E-state index contributed by atoms with van der Waals surface area (Å²) < 4.78 is 35.9. The molecule has 0 aromatic rings. The van der Waals surface area contributed by atoms with Gasteiger partial charge in [0.15, 0.2) is 0 Å². The standard InChI is InChI=1S/C44H64O13.6CH4/c1-6-30(34(46)55-43-18-27-12-28(19-43)15-40(14-27,22-43)37(49)53-32-9-7-8-10-52-32)13-31(11-26(2)33(45)54-39(5)21-38(3,4)57-36(39)48)35(47)56-44-20-29-16-41(50,24-44)23-42(51,17-29)25-44;;;;;;/h26-32,50-51H,6-25H2,1-5H3;6*1H4. The predicted octanol–water partition coefficient (Wildman–Crippen LogP) is 9.58. The van der Waals surface area contributed by atoms with Crippen molar-refractivity contribution in [3.63, 3.8) is 0 Å². The minimum Gasteiger partial charge on any atom is -0.459 e. The molecule has 2 aliphatic heterocycles. The molecule has 10 fully saturated rings. The largest absolute Gasteiger partial charge is 0.459 e. The Morgan fingerprint density at radius 1 is 0.683 bits per heavy atom. The van der Waals surface area contributed by atoms with Gasteiger partial charge in [-0.25, -0.2) is 4.79 Å². The molecule has 8 aliphatic carbocycles. The molecular weight excluding hydrogens is 809 g/mol. The van der Waals surface area contributed by atoms with Crippen LogP contribution in [-0.4, -0.2) is 86.6 Å². The first-order chi connectivity index (χ1) is 26.7. The second kappa shape index (κ2) is 19.6. The number of rotatable bonds is 13. The van der Waals surface area contributed by atoms with Gasteiger partial charge in [-0.05, 0) is 122 Å². The fourth-order valence-corrected chi connectivity index (χ4v) is 13.8. The number of esters is 5. The predicted molar refractivity (Wildman–Crippen MR) is 241 cm³/mol. The quantitative estimate of drug-likeness (QED) is 0.132. The van der Waals surface area contributed by atoms with E-state index in [1.54, 1.807) is 20.8 Å². The maximum Gasteiger partial charge on any atom is 0.351 e. The maximum absolute atomic E-state index is 14.5. The number of ether oxygens (including phenoxy) is 6. The van der Waals surface area contributed by atoms with Gasteiger partial charge in [-0.3, -0.25) is 19.2 Å². The third kappa shape index (κ3) is 11.1. The van der Waals surface area contributed by atoms with Gasteiger partial charge in [-0.15, -0.1) is 0 Å². The fraction of sp³-hybridized carbons (Fsp3) is 0.900. The lowest BCUT2D eigenvalue weighted by Crippen LogP contribution is -2.67. The first-order valence-electron chi connectivity index (χ1n) is 21.8. The molecule has 0 aromatic carbocycles. The summed E-state index contributed by atoms with van der Waals surface area (Å²) in [6, 6.07) is 0. The molecule has 9 atom stereocenters. The molecule has 0 aromatic heterocycles. The molecule has 0 amide bonds. The summed E-state index contributed by atoms with van der Waals surface area (Å²) in [7, 11) is 0. The first-order valence-corrected chi connectivity index (χ1v) is 21.8. The number of hydrogen-bond donors (Lipinski definition) is 2. The van der Waals surface area contributed by atoms with E-state index in [0.717, 1.165) is 19.3 Å². The SMILES string of the molecule is C.C.C.C.C.C.CCC(CC(CC(C)C(=O)OC1(C)CC(C)(C)OC1=O)C(=O)OC12CC3CC(O)(CC(O)(C3)C1)C2)C(=O)OC12CC3CC(C1)CC(C(=O)OC1CCCCO1)(C3)C2. The van der Waals surface area contributed by atoms with Crippen molar-refractivity contribution in [2.75, 3.05) is 6.61 Å². The van der Waals surface area contributed by atoms with E-state index in [1.165, 1.54) is 6.92 Å². The summed E-state index contributed by atoms with van der Waals surface area (Å²) in [4.78, 5) is 69.1. The number of carbonyl (C=O) groups excluding carboxylic acids is 5. The van der Waals surface area contributed by atoms with E-state index in [-0.39, 0.29) is 107 Å². The van der Waals surface area contributed by atoms with Crippen LogP contribution in [0, 0.1) is 40.9 Å². The topological polar surface area (TPSA) is 181 Å². The number of hydrogen-bond acceptors (Lipinski definition) is 13. The van der Waals surface area contributed by atoms with Gasteiger partial charge in [0.05, 0.1) is 41.0 Å². The van der Waals surface area contributed by atoms with Crippen LogP contribution in [-0.2, 0) is 52.4 Å². The van der Waals surface area contributed by atoms with Gasteiger partial charge in [0.25, 0.3) is 0 Å². The Morgan fingerprint density at radius 3 is 1.78 bits per heavy atom. The van der Waals surface area contributed by atoms with E-state index in [9.17, 15) is 34.2 Å². The van der Waals surface area contributed by atoms with Gasteiger partial charge in [0.1, 0.15) is 16.8 Å². The van der Waals surface area contributed by atoms with E-state index >= 15 is 0 Å². The van der Waals surface area contributed by atoms with E-state index in [4.69, 9.17) is 28.4 Å². The Balaban J connectivity index is 0.00000228. The molecule has 10 rings (SSSR count). The molecular formula is C50H88O13. The van der Waals surface area contributed by atoms with Crippen molar-refractivity contribution >= 4 is 29.8 Å². The Hall–Kier alpha value is -2.77. The third-order valence-corrected chi connectivity index (χ3v) is 15.1. The van der Waals surface area contributed by atoms with Crippen molar-refractivity contribution in [1.82, 2.24) is 0 Å². The Bertz CT molecular complexity index is 1620. The molecule has 0 spiro atoms. The summed E-state index contributed by atoms with van der Waals surface area (Å²) in [5, 5.41) is 22.8. The molecule has 8 bridgehead atoms. The van der Waals surface area contributed by atoms with Crippen LogP contribution in [0.3, 0.4) is 0 Å². The zero-order valence-corrected chi connectivity index (χ0v) is 34.6. The number of aliphatic hydroxyl groups is 2. The highest BCUT2D eigenvalue weighted by Crippen LogP contribution is 2.64. The summed E-state index contributed by atoms with van der Waals surface area (Å²) >= 11 is 0. The molecule has 9 unspecified atom stereocenters. The second-order valence-corrected chi connectivity index (χ2v) is 21.3. The van der Waals surface area contributed by atoms with Crippen molar-refractivity contribution in [3.05, 3.63) is 0 Å². The van der Waals surface area contributed by atoms with Gasteiger partial charge in [0, 0.05) is 38.5 Å². The average molecular weight is 897 g/mol. The number of carbonyl (C=O) groups is 5. The van der Waals surface area contributed by atoms with Crippen LogP contribution < -0.4 is 0 Å². The smallest absolute Gasteiger partial charge is 0.351 e. The molecule has 10 aliphatic rings. The molecule has 0 radical (unpaired) electrons. The zero-order chi connectivity index (χ0) is 40.8. The van der Waals surface area contributed by atoms with Crippen LogP contribution in [0.1, 0.15) is 201 Å². The Kier molecular flexibility index (Phi) is 17.5. The van der Waals surface area contributed by atoms with Crippen LogP contribution >= 0.6 is 0 Å². The molecule has 63 heavy (non-hydrogen) atoms. The van der Waals surface area contributed by atoms with Crippen LogP contribution in [0.25, 0.3) is 0 Å². The maximum atomic E-state index is 14.5. The highest BCUT2D eigenvalue weighted by Gasteiger charge is 2.66. The second-order valence-electron chi connectivity index (χ2n) is 21.3. The fourth-order valence-electron chi connectivity index (χ4n) is 13.8. The highest BCUT2D eigenvalue weighted by molar-refractivity contribution is 5.86. The van der Waals surface area contributed by atoms with Crippen molar-refractivity contribution in [2.24, 2.45) is 40.9 Å².